The zero-order valence-corrected chi connectivity index (χ0v) is 11.2. The highest BCUT2D eigenvalue weighted by Gasteiger charge is 2.30. The molecule has 4 heteroatoms. The van der Waals surface area contributed by atoms with Crippen molar-refractivity contribution < 1.29 is 5.11 Å². The van der Waals surface area contributed by atoms with Gasteiger partial charge < -0.3 is 5.11 Å². The molecule has 3 unspecified atom stereocenters. The van der Waals surface area contributed by atoms with Crippen LogP contribution in [-0.4, -0.2) is 20.8 Å². The topological polar surface area (TPSA) is 55.1 Å². The molecule has 1 saturated carbocycles. The fraction of sp³-hybridized carbons (Fsp3) is 0.714. The number of aromatic nitrogens is 2. The van der Waals surface area contributed by atoms with Gasteiger partial charge in [0.15, 0.2) is 0 Å². The normalized spacial score (nSPS) is 28.3. The molecule has 0 radical (unpaired) electrons. The molecule has 0 amide bonds. The summed E-state index contributed by atoms with van der Waals surface area (Å²) in [5.74, 6) is 0.487. The number of aryl methyl sites for hydroxylation is 1. The minimum Gasteiger partial charge on any atom is -0.393 e. The van der Waals surface area contributed by atoms with Crippen LogP contribution in [0.3, 0.4) is 0 Å². The molecule has 0 bridgehead atoms. The lowest BCUT2D eigenvalue weighted by Crippen LogP contribution is -2.36. The van der Waals surface area contributed by atoms with Crippen LogP contribution in [0.25, 0.3) is 0 Å². The fourth-order valence-corrected chi connectivity index (χ4v) is 2.99. The van der Waals surface area contributed by atoms with Gasteiger partial charge in [0.2, 0.25) is 0 Å². The van der Waals surface area contributed by atoms with E-state index in [0.29, 0.717) is 12.3 Å². The number of nitrogens with zero attached hydrogens (tertiary/aromatic N) is 2. The van der Waals surface area contributed by atoms with Crippen LogP contribution in [-0.2, 0) is 0 Å². The summed E-state index contributed by atoms with van der Waals surface area (Å²) in [7, 11) is 0. The molecule has 100 valence electrons. The Morgan fingerprint density at radius 3 is 2.94 bits per heavy atom. The monoisotopic (exact) mass is 250 g/mol. The maximum absolute atomic E-state index is 12.0. The van der Waals surface area contributed by atoms with Gasteiger partial charge in [0.25, 0.3) is 0 Å². The molecular formula is C14H22N2O2. The van der Waals surface area contributed by atoms with Crippen molar-refractivity contribution in [3.63, 3.8) is 0 Å². The van der Waals surface area contributed by atoms with Crippen molar-refractivity contribution in [2.75, 3.05) is 0 Å². The highest BCUT2D eigenvalue weighted by Crippen LogP contribution is 2.36. The van der Waals surface area contributed by atoms with Crippen molar-refractivity contribution in [2.45, 2.75) is 58.1 Å². The van der Waals surface area contributed by atoms with E-state index in [9.17, 15) is 9.90 Å². The van der Waals surface area contributed by atoms with Crippen molar-refractivity contribution in [2.24, 2.45) is 5.92 Å². The number of hydrogen-bond acceptors (Lipinski definition) is 3. The Bertz CT molecular complexity index is 455. The Kier molecular flexibility index (Phi) is 4.17. The molecule has 1 fully saturated rings. The first-order valence-electron chi connectivity index (χ1n) is 6.85. The van der Waals surface area contributed by atoms with Gasteiger partial charge in [-0.05, 0) is 44.6 Å². The predicted molar refractivity (Wildman–Crippen MR) is 70.5 cm³/mol. The van der Waals surface area contributed by atoms with Crippen LogP contribution in [0.1, 0.15) is 50.8 Å². The van der Waals surface area contributed by atoms with E-state index in [4.69, 9.17) is 0 Å². The molecule has 1 aliphatic carbocycles. The van der Waals surface area contributed by atoms with Crippen molar-refractivity contribution >= 4 is 0 Å². The van der Waals surface area contributed by atoms with Crippen LogP contribution in [0.2, 0.25) is 0 Å². The van der Waals surface area contributed by atoms with E-state index in [1.54, 1.807) is 4.57 Å². The molecule has 0 aromatic carbocycles. The van der Waals surface area contributed by atoms with E-state index < -0.39 is 0 Å². The van der Waals surface area contributed by atoms with Gasteiger partial charge in [-0.2, -0.15) is 4.98 Å². The van der Waals surface area contributed by atoms with Crippen molar-refractivity contribution in [1.29, 1.82) is 0 Å². The summed E-state index contributed by atoms with van der Waals surface area (Å²) in [6.07, 6.45) is 6.31. The number of rotatable bonds is 3. The van der Waals surface area contributed by atoms with Gasteiger partial charge in [0.1, 0.15) is 0 Å². The van der Waals surface area contributed by atoms with Crippen molar-refractivity contribution in [1.82, 2.24) is 9.55 Å². The zero-order valence-electron chi connectivity index (χ0n) is 11.2. The SMILES string of the molecule is CCCC1CCC(O)CC1n1ccc(C)nc1=O. The van der Waals surface area contributed by atoms with Crippen LogP contribution < -0.4 is 5.69 Å². The van der Waals surface area contributed by atoms with Gasteiger partial charge in [0.05, 0.1) is 6.10 Å². The molecule has 0 spiro atoms. The summed E-state index contributed by atoms with van der Waals surface area (Å²) in [5, 5.41) is 9.84. The average molecular weight is 250 g/mol. The van der Waals surface area contributed by atoms with Gasteiger partial charge in [0, 0.05) is 17.9 Å². The summed E-state index contributed by atoms with van der Waals surface area (Å²) in [5.41, 5.74) is 0.565. The minimum absolute atomic E-state index is 0.106. The average Bonchev–Trinajstić information content (AvgIpc) is 2.32. The van der Waals surface area contributed by atoms with Gasteiger partial charge in [-0.3, -0.25) is 4.57 Å². The number of hydrogen-bond donors (Lipinski definition) is 1. The lowest BCUT2D eigenvalue weighted by molar-refractivity contribution is 0.0676. The molecule has 18 heavy (non-hydrogen) atoms. The van der Waals surface area contributed by atoms with Gasteiger partial charge in [-0.25, -0.2) is 4.79 Å². The molecule has 2 rings (SSSR count). The van der Waals surface area contributed by atoms with Crippen LogP contribution in [0.5, 0.6) is 0 Å². The van der Waals surface area contributed by atoms with Gasteiger partial charge >= 0.3 is 5.69 Å². The quantitative estimate of drug-likeness (QED) is 0.893. The Labute approximate surface area is 108 Å². The number of aliphatic hydroxyl groups is 1. The molecule has 1 aliphatic rings. The summed E-state index contributed by atoms with van der Waals surface area (Å²) >= 11 is 0. The van der Waals surface area contributed by atoms with E-state index in [-0.39, 0.29) is 17.8 Å². The second-order valence-corrected chi connectivity index (χ2v) is 5.34. The Hall–Kier alpha value is -1.16. The summed E-state index contributed by atoms with van der Waals surface area (Å²) < 4.78 is 1.72. The van der Waals surface area contributed by atoms with E-state index in [1.165, 1.54) is 0 Å². The fourth-order valence-electron chi connectivity index (χ4n) is 2.99. The Morgan fingerprint density at radius 2 is 2.28 bits per heavy atom. The summed E-state index contributed by atoms with van der Waals surface area (Å²) in [6, 6.07) is 1.97. The first-order valence-corrected chi connectivity index (χ1v) is 6.85. The summed E-state index contributed by atoms with van der Waals surface area (Å²) in [6.45, 7) is 3.99. The Balaban J connectivity index is 2.29. The van der Waals surface area contributed by atoms with Crippen molar-refractivity contribution in [3.05, 3.63) is 28.4 Å². The molecule has 3 atom stereocenters. The minimum atomic E-state index is -0.281. The standard InChI is InChI=1S/C14H22N2O2/c1-3-4-11-5-6-12(17)9-13(11)16-8-7-10(2)15-14(16)18/h7-8,11-13,17H,3-6,9H2,1-2H3. The highest BCUT2D eigenvalue weighted by atomic mass is 16.3. The maximum atomic E-state index is 12.0. The maximum Gasteiger partial charge on any atom is 0.348 e. The predicted octanol–water partition coefficient (Wildman–Crippen LogP) is 2.05. The van der Waals surface area contributed by atoms with E-state index >= 15 is 0 Å². The third kappa shape index (κ3) is 2.80. The van der Waals surface area contributed by atoms with Crippen LogP contribution in [0, 0.1) is 12.8 Å². The first-order chi connectivity index (χ1) is 8.61. The lowest BCUT2D eigenvalue weighted by Gasteiger charge is -2.35. The first kappa shape index (κ1) is 13.3. The molecular weight excluding hydrogens is 228 g/mol. The third-order valence-electron chi connectivity index (χ3n) is 3.91. The molecule has 0 aliphatic heterocycles. The molecule has 1 N–H and O–H groups in total. The molecule has 1 heterocycles. The molecule has 1 aromatic heterocycles. The van der Waals surface area contributed by atoms with Gasteiger partial charge in [-0.1, -0.05) is 13.3 Å². The molecule has 4 nitrogen and oxygen atoms in total. The summed E-state index contributed by atoms with van der Waals surface area (Å²) in [4.78, 5) is 16.0. The van der Waals surface area contributed by atoms with E-state index in [2.05, 4.69) is 11.9 Å². The van der Waals surface area contributed by atoms with Crippen LogP contribution in [0.4, 0.5) is 0 Å². The van der Waals surface area contributed by atoms with Crippen LogP contribution >= 0.6 is 0 Å². The second-order valence-electron chi connectivity index (χ2n) is 5.34. The van der Waals surface area contributed by atoms with E-state index in [0.717, 1.165) is 31.4 Å². The zero-order chi connectivity index (χ0) is 13.1. The molecule has 0 saturated heterocycles. The van der Waals surface area contributed by atoms with Crippen LogP contribution in [0.15, 0.2) is 17.1 Å². The number of aliphatic hydroxyl groups excluding tert-OH is 1. The smallest absolute Gasteiger partial charge is 0.348 e. The van der Waals surface area contributed by atoms with Crippen molar-refractivity contribution in [3.8, 4) is 0 Å². The second kappa shape index (κ2) is 5.65. The van der Waals surface area contributed by atoms with E-state index in [1.807, 2.05) is 19.2 Å². The molecule has 1 aromatic rings. The Morgan fingerprint density at radius 1 is 1.50 bits per heavy atom. The largest absolute Gasteiger partial charge is 0.393 e. The highest BCUT2D eigenvalue weighted by molar-refractivity contribution is 4.98. The lowest BCUT2D eigenvalue weighted by atomic mass is 9.80. The third-order valence-corrected chi connectivity index (χ3v) is 3.91. The van der Waals surface area contributed by atoms with Gasteiger partial charge in [-0.15, -0.1) is 0 Å².